The van der Waals surface area contributed by atoms with Crippen LogP contribution in [0.3, 0.4) is 0 Å². The van der Waals surface area contributed by atoms with Crippen molar-refractivity contribution in [3.8, 4) is 11.5 Å². The zero-order valence-electron chi connectivity index (χ0n) is 13.3. The summed E-state index contributed by atoms with van der Waals surface area (Å²) in [6.07, 6.45) is 5.09. The number of ether oxygens (including phenoxy) is 3. The second kappa shape index (κ2) is 8.03. The van der Waals surface area contributed by atoms with Gasteiger partial charge in [0.25, 0.3) is 0 Å². The van der Waals surface area contributed by atoms with E-state index in [9.17, 15) is 4.79 Å². The summed E-state index contributed by atoms with van der Waals surface area (Å²) >= 11 is 0. The Morgan fingerprint density at radius 1 is 1.36 bits per heavy atom. The van der Waals surface area contributed by atoms with Crippen molar-refractivity contribution in [1.82, 2.24) is 0 Å². The summed E-state index contributed by atoms with van der Waals surface area (Å²) < 4.78 is 16.5. The number of nitrogens with two attached hydrogens (primary N) is 1. The van der Waals surface area contributed by atoms with E-state index < -0.39 is 12.0 Å². The van der Waals surface area contributed by atoms with Crippen molar-refractivity contribution < 1.29 is 19.0 Å². The lowest BCUT2D eigenvalue weighted by Crippen LogP contribution is -2.34. The van der Waals surface area contributed by atoms with Crippen LogP contribution in [0.15, 0.2) is 18.2 Å². The maximum Gasteiger partial charge on any atom is 0.323 e. The first kappa shape index (κ1) is 16.6. The molecule has 0 amide bonds. The highest BCUT2D eigenvalue weighted by Gasteiger charge is 2.23. The van der Waals surface area contributed by atoms with E-state index in [1.165, 1.54) is 12.8 Å². The summed E-state index contributed by atoms with van der Waals surface area (Å²) in [5, 5.41) is 0. The van der Waals surface area contributed by atoms with E-state index >= 15 is 0 Å². The topological polar surface area (TPSA) is 70.8 Å². The van der Waals surface area contributed by atoms with Crippen LogP contribution in [0.5, 0.6) is 11.5 Å². The first-order valence-corrected chi connectivity index (χ1v) is 7.90. The summed E-state index contributed by atoms with van der Waals surface area (Å²) in [5.74, 6) is 0.995. The van der Waals surface area contributed by atoms with Gasteiger partial charge in [0.05, 0.1) is 19.8 Å². The zero-order valence-corrected chi connectivity index (χ0v) is 13.3. The van der Waals surface area contributed by atoms with Gasteiger partial charge in [0.2, 0.25) is 0 Å². The molecule has 1 unspecified atom stereocenters. The zero-order chi connectivity index (χ0) is 15.9. The number of esters is 1. The Morgan fingerprint density at radius 2 is 2.09 bits per heavy atom. The molecule has 1 aliphatic carbocycles. The minimum Gasteiger partial charge on any atom is -0.493 e. The number of benzene rings is 1. The van der Waals surface area contributed by atoms with E-state index in [-0.39, 0.29) is 6.10 Å². The summed E-state index contributed by atoms with van der Waals surface area (Å²) in [5.41, 5.74) is 6.81. The van der Waals surface area contributed by atoms with E-state index in [1.54, 1.807) is 14.0 Å². The van der Waals surface area contributed by atoms with Crippen LogP contribution in [-0.2, 0) is 16.0 Å². The summed E-state index contributed by atoms with van der Waals surface area (Å²) in [6.45, 7) is 2.10. The Kier molecular flexibility index (Phi) is 6.07. The Morgan fingerprint density at radius 3 is 2.73 bits per heavy atom. The van der Waals surface area contributed by atoms with E-state index in [2.05, 4.69) is 0 Å². The Labute approximate surface area is 131 Å². The van der Waals surface area contributed by atoms with Crippen LogP contribution in [0.4, 0.5) is 0 Å². The molecule has 1 aromatic carbocycles. The molecule has 5 nitrogen and oxygen atoms in total. The lowest BCUT2D eigenvalue weighted by molar-refractivity contribution is -0.144. The highest BCUT2D eigenvalue weighted by molar-refractivity contribution is 5.76. The molecule has 0 aromatic heterocycles. The predicted molar refractivity (Wildman–Crippen MR) is 84.2 cm³/mol. The molecule has 22 heavy (non-hydrogen) atoms. The van der Waals surface area contributed by atoms with Gasteiger partial charge in [-0.25, -0.2) is 0 Å². The van der Waals surface area contributed by atoms with Gasteiger partial charge in [-0.2, -0.15) is 0 Å². The van der Waals surface area contributed by atoms with Crippen molar-refractivity contribution in [3.05, 3.63) is 23.8 Å². The summed E-state index contributed by atoms with van der Waals surface area (Å²) in [4.78, 5) is 11.7. The smallest absolute Gasteiger partial charge is 0.323 e. The standard InChI is InChI=1S/C17H25NO4/c1-3-21-17(19)14(18)11-12-7-6-10-15(20-2)16(12)22-13-8-4-5-9-13/h6-7,10,13-14H,3-5,8-9,11,18H2,1-2H3. The number of methoxy groups -OCH3 is 1. The van der Waals surface area contributed by atoms with Gasteiger partial charge in [-0.15, -0.1) is 0 Å². The molecular formula is C17H25NO4. The minimum atomic E-state index is -0.696. The van der Waals surface area contributed by atoms with Crippen molar-refractivity contribution in [1.29, 1.82) is 0 Å². The maximum absolute atomic E-state index is 11.7. The van der Waals surface area contributed by atoms with Crippen LogP contribution >= 0.6 is 0 Å². The van der Waals surface area contributed by atoms with Crippen LogP contribution in [0, 0.1) is 0 Å². The fourth-order valence-electron chi connectivity index (χ4n) is 2.76. The van der Waals surface area contributed by atoms with Gasteiger partial charge in [-0.05, 0) is 38.7 Å². The monoisotopic (exact) mass is 307 g/mol. The molecule has 122 valence electrons. The molecule has 2 rings (SSSR count). The SMILES string of the molecule is CCOC(=O)C(N)Cc1cccc(OC)c1OC1CCCC1. The molecule has 1 saturated carbocycles. The fraction of sp³-hybridized carbons (Fsp3) is 0.588. The van der Waals surface area contributed by atoms with Gasteiger partial charge in [0.15, 0.2) is 11.5 Å². The van der Waals surface area contributed by atoms with Crippen molar-refractivity contribution in [2.24, 2.45) is 5.73 Å². The number of carbonyl (C=O) groups excluding carboxylic acids is 1. The number of carbonyl (C=O) groups is 1. The number of para-hydroxylation sites is 1. The number of rotatable bonds is 7. The Bertz CT molecular complexity index is 497. The predicted octanol–water partition coefficient (Wildman–Crippen LogP) is 2.45. The second-order valence-corrected chi connectivity index (χ2v) is 5.54. The van der Waals surface area contributed by atoms with Crippen molar-refractivity contribution in [3.63, 3.8) is 0 Å². The average Bonchev–Trinajstić information content (AvgIpc) is 3.02. The normalized spacial score (nSPS) is 16.3. The van der Waals surface area contributed by atoms with Crippen molar-refractivity contribution >= 4 is 5.97 Å². The first-order valence-electron chi connectivity index (χ1n) is 7.90. The molecule has 0 aliphatic heterocycles. The third-order valence-corrected chi connectivity index (χ3v) is 3.90. The van der Waals surface area contributed by atoms with Gasteiger partial charge < -0.3 is 19.9 Å². The van der Waals surface area contributed by atoms with Crippen molar-refractivity contribution in [2.45, 2.75) is 51.2 Å². The quantitative estimate of drug-likeness (QED) is 0.784. The third kappa shape index (κ3) is 4.13. The molecule has 0 bridgehead atoms. The lowest BCUT2D eigenvalue weighted by Gasteiger charge is -2.20. The van der Waals surface area contributed by atoms with Gasteiger partial charge in [0, 0.05) is 12.0 Å². The maximum atomic E-state index is 11.7. The molecule has 0 heterocycles. The highest BCUT2D eigenvalue weighted by Crippen LogP contribution is 2.35. The number of hydrogen-bond acceptors (Lipinski definition) is 5. The van der Waals surface area contributed by atoms with E-state index in [1.807, 2.05) is 18.2 Å². The summed E-state index contributed by atoms with van der Waals surface area (Å²) in [6, 6.07) is 4.97. The molecule has 1 aliphatic rings. The van der Waals surface area contributed by atoms with Crippen LogP contribution in [0.2, 0.25) is 0 Å². The Hall–Kier alpha value is -1.75. The molecule has 0 radical (unpaired) electrons. The van der Waals surface area contributed by atoms with E-state index in [4.69, 9.17) is 19.9 Å². The van der Waals surface area contributed by atoms with E-state index in [0.717, 1.165) is 18.4 Å². The molecule has 1 atom stereocenters. The van der Waals surface area contributed by atoms with Crippen LogP contribution in [-0.4, -0.2) is 31.8 Å². The second-order valence-electron chi connectivity index (χ2n) is 5.54. The molecule has 5 heteroatoms. The van der Waals surface area contributed by atoms with Gasteiger partial charge in [-0.1, -0.05) is 12.1 Å². The summed E-state index contributed by atoms with van der Waals surface area (Å²) in [7, 11) is 1.62. The van der Waals surface area contributed by atoms with Gasteiger partial charge in [-0.3, -0.25) is 4.79 Å². The van der Waals surface area contributed by atoms with E-state index in [0.29, 0.717) is 24.5 Å². The molecular weight excluding hydrogens is 282 g/mol. The van der Waals surface area contributed by atoms with Gasteiger partial charge in [0.1, 0.15) is 6.04 Å². The van der Waals surface area contributed by atoms with Gasteiger partial charge >= 0.3 is 5.97 Å². The Balaban J connectivity index is 2.16. The first-order chi connectivity index (χ1) is 10.7. The van der Waals surface area contributed by atoms with Crippen molar-refractivity contribution in [2.75, 3.05) is 13.7 Å². The minimum absolute atomic E-state index is 0.217. The fourth-order valence-corrected chi connectivity index (χ4v) is 2.76. The molecule has 0 saturated heterocycles. The van der Waals surface area contributed by atoms with Crippen LogP contribution in [0.25, 0.3) is 0 Å². The largest absolute Gasteiger partial charge is 0.493 e. The third-order valence-electron chi connectivity index (χ3n) is 3.90. The van der Waals surface area contributed by atoms with Crippen LogP contribution in [0.1, 0.15) is 38.2 Å². The van der Waals surface area contributed by atoms with Crippen LogP contribution < -0.4 is 15.2 Å². The lowest BCUT2D eigenvalue weighted by atomic mass is 10.0. The molecule has 0 spiro atoms. The molecule has 2 N–H and O–H groups in total. The molecule has 1 aromatic rings. The average molecular weight is 307 g/mol. The highest BCUT2D eigenvalue weighted by atomic mass is 16.5. The molecule has 1 fully saturated rings. The number of hydrogen-bond donors (Lipinski definition) is 1.